The third-order valence-electron chi connectivity index (χ3n) is 2.88. The monoisotopic (exact) mass is 374 g/mol. The molecule has 1 N–H and O–H groups in total. The summed E-state index contributed by atoms with van der Waals surface area (Å²) in [6.45, 7) is 3.70. The van der Waals surface area contributed by atoms with Gasteiger partial charge >= 0.3 is 0 Å². The molecule has 106 valence electrons. The van der Waals surface area contributed by atoms with E-state index in [1.165, 1.54) is 11.3 Å². The molecule has 7 heteroatoms. The SMILES string of the molecule is Cc1cc(Br)c(NC(C)c2ccc(Cl)s2)cc1[N+](=O)[O-]. The summed E-state index contributed by atoms with van der Waals surface area (Å²) >= 11 is 10.8. The summed E-state index contributed by atoms with van der Waals surface area (Å²) in [6, 6.07) is 7.10. The standard InChI is InChI=1S/C13H12BrClN2O2S/c1-7-5-9(14)10(6-11(7)17(18)19)16-8(2)12-3-4-13(15)20-12/h3-6,8,16H,1-2H3. The van der Waals surface area contributed by atoms with Crippen molar-refractivity contribution < 1.29 is 4.92 Å². The minimum Gasteiger partial charge on any atom is -0.377 e. The first-order chi connectivity index (χ1) is 9.38. The summed E-state index contributed by atoms with van der Waals surface area (Å²) in [5.41, 5.74) is 1.42. The van der Waals surface area contributed by atoms with Crippen LogP contribution in [0, 0.1) is 17.0 Å². The Bertz CT molecular complexity index is 660. The summed E-state index contributed by atoms with van der Waals surface area (Å²) in [6.07, 6.45) is 0. The Morgan fingerprint density at radius 3 is 2.70 bits per heavy atom. The predicted molar refractivity (Wildman–Crippen MR) is 86.9 cm³/mol. The van der Waals surface area contributed by atoms with Crippen molar-refractivity contribution in [3.05, 3.63) is 53.6 Å². The lowest BCUT2D eigenvalue weighted by Crippen LogP contribution is -2.06. The third-order valence-corrected chi connectivity index (χ3v) is 4.95. The Labute approximate surface area is 134 Å². The molecule has 4 nitrogen and oxygen atoms in total. The first-order valence-electron chi connectivity index (χ1n) is 5.85. The van der Waals surface area contributed by atoms with Crippen LogP contribution in [-0.4, -0.2) is 4.92 Å². The zero-order valence-corrected chi connectivity index (χ0v) is 14.0. The molecule has 0 spiro atoms. The number of nitro groups is 1. The van der Waals surface area contributed by atoms with Crippen LogP contribution in [0.3, 0.4) is 0 Å². The van der Waals surface area contributed by atoms with E-state index in [-0.39, 0.29) is 16.7 Å². The second kappa shape index (κ2) is 6.11. The molecule has 1 aromatic heterocycles. The Balaban J connectivity index is 2.29. The molecule has 0 amide bonds. The molecule has 0 saturated heterocycles. The maximum absolute atomic E-state index is 11.0. The Morgan fingerprint density at radius 2 is 2.15 bits per heavy atom. The van der Waals surface area contributed by atoms with Crippen LogP contribution in [-0.2, 0) is 0 Å². The predicted octanol–water partition coefficient (Wildman–Crippen LogP) is 5.55. The molecular weight excluding hydrogens is 364 g/mol. The molecule has 0 fully saturated rings. The van der Waals surface area contributed by atoms with Crippen LogP contribution in [0.1, 0.15) is 23.4 Å². The number of nitrogens with one attached hydrogen (secondary N) is 1. The van der Waals surface area contributed by atoms with Crippen molar-refractivity contribution in [3.8, 4) is 0 Å². The molecule has 20 heavy (non-hydrogen) atoms. The van der Waals surface area contributed by atoms with Crippen LogP contribution in [0.2, 0.25) is 4.34 Å². The number of thiophene rings is 1. The van der Waals surface area contributed by atoms with Gasteiger partial charge in [0, 0.05) is 21.0 Å². The molecule has 1 heterocycles. The van der Waals surface area contributed by atoms with Crippen LogP contribution >= 0.6 is 38.9 Å². The van der Waals surface area contributed by atoms with Gasteiger partial charge in [0.2, 0.25) is 0 Å². The average molecular weight is 376 g/mol. The Kier molecular flexibility index (Phi) is 4.67. The second-order valence-electron chi connectivity index (χ2n) is 4.38. The van der Waals surface area contributed by atoms with Gasteiger partial charge < -0.3 is 5.32 Å². The largest absolute Gasteiger partial charge is 0.377 e. The van der Waals surface area contributed by atoms with E-state index in [0.717, 1.165) is 13.7 Å². The third kappa shape index (κ3) is 3.31. The highest BCUT2D eigenvalue weighted by Crippen LogP contribution is 2.34. The zero-order chi connectivity index (χ0) is 14.9. The number of hydrogen-bond acceptors (Lipinski definition) is 4. The molecule has 0 saturated carbocycles. The van der Waals surface area contributed by atoms with Crippen molar-refractivity contribution in [2.75, 3.05) is 5.32 Å². The van der Waals surface area contributed by atoms with Crippen molar-refractivity contribution >= 4 is 50.2 Å². The molecule has 2 rings (SSSR count). The van der Waals surface area contributed by atoms with E-state index >= 15 is 0 Å². The lowest BCUT2D eigenvalue weighted by atomic mass is 10.1. The number of nitrogens with zero attached hydrogens (tertiary/aromatic N) is 1. The number of halogens is 2. The normalized spacial score (nSPS) is 12.2. The topological polar surface area (TPSA) is 55.2 Å². The average Bonchev–Trinajstić information content (AvgIpc) is 2.79. The minimum absolute atomic E-state index is 0.0195. The highest BCUT2D eigenvalue weighted by molar-refractivity contribution is 9.10. The maximum Gasteiger partial charge on any atom is 0.274 e. The number of rotatable bonds is 4. The molecule has 0 radical (unpaired) electrons. The molecule has 1 aromatic carbocycles. The van der Waals surface area contributed by atoms with Crippen molar-refractivity contribution in [1.29, 1.82) is 0 Å². The molecular formula is C13H12BrClN2O2S. The van der Waals surface area contributed by atoms with Crippen molar-refractivity contribution in [1.82, 2.24) is 0 Å². The van der Waals surface area contributed by atoms with Gasteiger partial charge in [-0.15, -0.1) is 11.3 Å². The van der Waals surface area contributed by atoms with E-state index < -0.39 is 0 Å². The molecule has 0 aliphatic carbocycles. The van der Waals surface area contributed by atoms with Crippen LogP contribution in [0.5, 0.6) is 0 Å². The van der Waals surface area contributed by atoms with Gasteiger partial charge in [-0.05, 0) is 48.0 Å². The van der Waals surface area contributed by atoms with E-state index in [9.17, 15) is 10.1 Å². The van der Waals surface area contributed by atoms with E-state index in [1.807, 2.05) is 19.1 Å². The van der Waals surface area contributed by atoms with Gasteiger partial charge in [-0.25, -0.2) is 0 Å². The maximum atomic E-state index is 11.0. The van der Waals surface area contributed by atoms with Crippen molar-refractivity contribution in [2.24, 2.45) is 0 Å². The van der Waals surface area contributed by atoms with Crippen LogP contribution in [0.15, 0.2) is 28.7 Å². The Hall–Kier alpha value is -1.11. The molecule has 0 bridgehead atoms. The summed E-state index contributed by atoms with van der Waals surface area (Å²) in [5, 5.41) is 14.3. The van der Waals surface area contributed by atoms with Crippen LogP contribution in [0.25, 0.3) is 0 Å². The van der Waals surface area contributed by atoms with Gasteiger partial charge in [-0.2, -0.15) is 0 Å². The first-order valence-corrected chi connectivity index (χ1v) is 7.83. The molecule has 1 atom stereocenters. The summed E-state index contributed by atoms with van der Waals surface area (Å²) < 4.78 is 1.53. The quantitative estimate of drug-likeness (QED) is 0.562. The molecule has 1 unspecified atom stereocenters. The summed E-state index contributed by atoms with van der Waals surface area (Å²) in [4.78, 5) is 11.7. The lowest BCUT2D eigenvalue weighted by Gasteiger charge is -2.15. The number of nitro benzene ring substituents is 1. The smallest absolute Gasteiger partial charge is 0.274 e. The number of benzene rings is 1. The first kappa shape index (κ1) is 15.3. The zero-order valence-electron chi connectivity index (χ0n) is 10.8. The van der Waals surface area contributed by atoms with Crippen molar-refractivity contribution in [2.45, 2.75) is 19.9 Å². The number of anilines is 1. The highest BCUT2D eigenvalue weighted by atomic mass is 79.9. The van der Waals surface area contributed by atoms with E-state index in [4.69, 9.17) is 11.6 Å². The summed E-state index contributed by atoms with van der Waals surface area (Å²) in [7, 11) is 0. The van der Waals surface area contributed by atoms with Gasteiger partial charge in [-0.3, -0.25) is 10.1 Å². The van der Waals surface area contributed by atoms with Gasteiger partial charge in [0.15, 0.2) is 0 Å². The molecule has 0 aliphatic heterocycles. The van der Waals surface area contributed by atoms with Crippen molar-refractivity contribution in [3.63, 3.8) is 0 Å². The molecule has 0 aliphatic rings. The fraction of sp³-hybridized carbons (Fsp3) is 0.231. The van der Waals surface area contributed by atoms with Gasteiger partial charge in [0.1, 0.15) is 0 Å². The van der Waals surface area contributed by atoms with Gasteiger partial charge in [0.25, 0.3) is 5.69 Å². The van der Waals surface area contributed by atoms with E-state index in [0.29, 0.717) is 11.3 Å². The fourth-order valence-corrected chi connectivity index (χ4v) is 3.47. The van der Waals surface area contributed by atoms with E-state index in [2.05, 4.69) is 21.2 Å². The van der Waals surface area contributed by atoms with Gasteiger partial charge in [-0.1, -0.05) is 11.6 Å². The van der Waals surface area contributed by atoms with E-state index in [1.54, 1.807) is 19.1 Å². The lowest BCUT2D eigenvalue weighted by molar-refractivity contribution is -0.385. The molecule has 2 aromatic rings. The number of aryl methyl sites for hydroxylation is 1. The van der Waals surface area contributed by atoms with Gasteiger partial charge in [0.05, 0.1) is 21.0 Å². The van der Waals surface area contributed by atoms with Crippen LogP contribution in [0.4, 0.5) is 11.4 Å². The highest BCUT2D eigenvalue weighted by Gasteiger charge is 2.16. The number of hydrogen-bond donors (Lipinski definition) is 1. The summed E-state index contributed by atoms with van der Waals surface area (Å²) in [5.74, 6) is 0. The Morgan fingerprint density at radius 1 is 1.45 bits per heavy atom. The second-order valence-corrected chi connectivity index (χ2v) is 6.98. The van der Waals surface area contributed by atoms with Crippen LogP contribution < -0.4 is 5.32 Å². The fourth-order valence-electron chi connectivity index (χ4n) is 1.83. The minimum atomic E-state index is -0.375.